The van der Waals surface area contributed by atoms with Gasteiger partial charge in [-0.25, -0.2) is 0 Å². The summed E-state index contributed by atoms with van der Waals surface area (Å²) in [6, 6.07) is 71.7. The molecule has 0 atom stereocenters. The van der Waals surface area contributed by atoms with E-state index in [9.17, 15) is 0 Å². The molecule has 2 nitrogen and oxygen atoms in total. The molecule has 0 bridgehead atoms. The minimum atomic E-state index is 0.900. The molecule has 0 spiro atoms. The van der Waals surface area contributed by atoms with Gasteiger partial charge in [-0.15, -0.1) is 0 Å². The van der Waals surface area contributed by atoms with Gasteiger partial charge in [-0.3, -0.25) is 0 Å². The van der Waals surface area contributed by atoms with Crippen molar-refractivity contribution in [1.29, 1.82) is 0 Å². The minimum Gasteiger partial charge on any atom is -0.455 e. The molecule has 9 aromatic carbocycles. The van der Waals surface area contributed by atoms with Crippen LogP contribution in [0.15, 0.2) is 205 Å². The number of hydrogen-bond donors (Lipinski definition) is 0. The lowest BCUT2D eigenvalue weighted by Gasteiger charge is -2.29. The Morgan fingerprint density at radius 2 is 0.885 bits per heavy atom. The molecule has 0 radical (unpaired) electrons. The Hall–Kier alpha value is -6.90. The molecule has 0 saturated heterocycles. The fourth-order valence-electron chi connectivity index (χ4n) is 7.78. The van der Waals surface area contributed by atoms with E-state index < -0.39 is 0 Å². The summed E-state index contributed by atoms with van der Waals surface area (Å²) < 4.78 is 6.53. The minimum absolute atomic E-state index is 0.900. The summed E-state index contributed by atoms with van der Waals surface area (Å²) in [7, 11) is 0. The second-order valence-electron chi connectivity index (χ2n) is 13.3. The average Bonchev–Trinajstić information content (AvgIpc) is 3.62. The highest BCUT2D eigenvalue weighted by atomic mass is 16.3. The number of nitrogens with zero attached hydrogens (tertiary/aromatic N) is 1. The van der Waals surface area contributed by atoms with Gasteiger partial charge in [0.1, 0.15) is 11.2 Å². The van der Waals surface area contributed by atoms with E-state index in [0.717, 1.165) is 55.5 Å². The number of benzene rings is 9. The summed E-state index contributed by atoms with van der Waals surface area (Å²) in [6.45, 7) is 0. The maximum Gasteiger partial charge on any atom is 0.143 e. The maximum atomic E-state index is 6.53. The van der Waals surface area contributed by atoms with E-state index in [2.05, 4.69) is 205 Å². The van der Waals surface area contributed by atoms with Gasteiger partial charge in [0, 0.05) is 32.8 Å². The van der Waals surface area contributed by atoms with Crippen LogP contribution in [0.5, 0.6) is 0 Å². The maximum absolute atomic E-state index is 6.53. The van der Waals surface area contributed by atoms with Gasteiger partial charge < -0.3 is 9.32 Å². The molecule has 0 saturated carbocycles. The smallest absolute Gasteiger partial charge is 0.143 e. The molecule has 10 aromatic rings. The molecule has 0 amide bonds. The van der Waals surface area contributed by atoms with E-state index in [1.165, 1.54) is 38.4 Å². The van der Waals surface area contributed by atoms with Crippen LogP contribution in [0.3, 0.4) is 0 Å². The highest BCUT2D eigenvalue weighted by Gasteiger charge is 2.20. The third kappa shape index (κ3) is 5.04. The predicted molar refractivity (Wildman–Crippen MR) is 220 cm³/mol. The third-order valence-corrected chi connectivity index (χ3v) is 10.3. The Kier molecular flexibility index (Phi) is 7.18. The van der Waals surface area contributed by atoms with Gasteiger partial charge in [0.15, 0.2) is 0 Å². The van der Waals surface area contributed by atoms with E-state index >= 15 is 0 Å². The first kappa shape index (κ1) is 30.0. The normalized spacial score (nSPS) is 11.5. The molecule has 1 aromatic heterocycles. The molecule has 0 aliphatic carbocycles. The Morgan fingerprint density at radius 3 is 1.71 bits per heavy atom. The van der Waals surface area contributed by atoms with Gasteiger partial charge in [-0.1, -0.05) is 164 Å². The monoisotopic (exact) mass is 663 g/mol. The number of furan rings is 1. The van der Waals surface area contributed by atoms with Crippen LogP contribution < -0.4 is 4.90 Å². The van der Waals surface area contributed by atoms with Gasteiger partial charge in [-0.05, 0) is 75.0 Å². The van der Waals surface area contributed by atoms with Crippen molar-refractivity contribution in [3.8, 4) is 33.4 Å². The Morgan fingerprint density at radius 1 is 0.327 bits per heavy atom. The SMILES string of the molecule is c1ccc(-c2ccc(-c3ccccc3N(c3ccc(-c4cccc5oc6c7ccccc7ccc6c45)cc3)c3cccc4ccccc34)cc2)cc1. The molecule has 10 rings (SSSR count). The van der Waals surface area contributed by atoms with Gasteiger partial charge in [0.05, 0.1) is 11.4 Å². The molecule has 2 heteroatoms. The average molecular weight is 664 g/mol. The summed E-state index contributed by atoms with van der Waals surface area (Å²) in [5.41, 5.74) is 12.2. The number of rotatable bonds is 6. The van der Waals surface area contributed by atoms with E-state index in [4.69, 9.17) is 4.42 Å². The van der Waals surface area contributed by atoms with Crippen LogP contribution in [0, 0.1) is 0 Å². The first-order valence-electron chi connectivity index (χ1n) is 17.8. The predicted octanol–water partition coefficient (Wildman–Crippen LogP) is 14.4. The number of fused-ring (bicyclic) bond motifs is 6. The standard InChI is InChI=1S/C50H33NO/c1-2-12-34(13-3-1)35-24-26-38(27-25-35)42-18-8-9-21-46(42)51(47-22-10-16-36-14-4-6-17-41(36)47)40-31-28-39(29-32-40)43-20-11-23-48-49(43)45-33-30-37-15-5-7-19-44(37)50(45)52-48/h1-33H. The second kappa shape index (κ2) is 12.5. The van der Waals surface area contributed by atoms with Crippen LogP contribution in [-0.4, -0.2) is 0 Å². The van der Waals surface area contributed by atoms with Crippen molar-refractivity contribution in [1.82, 2.24) is 0 Å². The fraction of sp³-hybridized carbons (Fsp3) is 0. The van der Waals surface area contributed by atoms with Gasteiger partial charge >= 0.3 is 0 Å². The third-order valence-electron chi connectivity index (χ3n) is 10.3. The highest BCUT2D eigenvalue weighted by molar-refractivity contribution is 6.19. The highest BCUT2D eigenvalue weighted by Crippen LogP contribution is 2.45. The quantitative estimate of drug-likeness (QED) is 0.176. The van der Waals surface area contributed by atoms with Crippen molar-refractivity contribution in [2.45, 2.75) is 0 Å². The fourth-order valence-corrected chi connectivity index (χ4v) is 7.78. The zero-order valence-corrected chi connectivity index (χ0v) is 28.4. The molecular formula is C50H33NO. The number of para-hydroxylation sites is 1. The first-order chi connectivity index (χ1) is 25.8. The van der Waals surface area contributed by atoms with Crippen molar-refractivity contribution < 1.29 is 4.42 Å². The van der Waals surface area contributed by atoms with E-state index in [0.29, 0.717) is 0 Å². The lowest BCUT2D eigenvalue weighted by Crippen LogP contribution is -2.11. The van der Waals surface area contributed by atoms with Gasteiger partial charge in [0.2, 0.25) is 0 Å². The molecule has 0 unspecified atom stereocenters. The van der Waals surface area contributed by atoms with Crippen LogP contribution in [0.2, 0.25) is 0 Å². The van der Waals surface area contributed by atoms with Crippen LogP contribution in [0.25, 0.3) is 76.9 Å². The Labute approximate surface area is 302 Å². The Bertz CT molecular complexity index is 2880. The first-order valence-corrected chi connectivity index (χ1v) is 17.8. The van der Waals surface area contributed by atoms with E-state index in [1.807, 2.05) is 0 Å². The van der Waals surface area contributed by atoms with Crippen LogP contribution >= 0.6 is 0 Å². The van der Waals surface area contributed by atoms with Gasteiger partial charge in [0.25, 0.3) is 0 Å². The summed E-state index contributed by atoms with van der Waals surface area (Å²) >= 11 is 0. The molecule has 0 aliphatic rings. The summed E-state index contributed by atoms with van der Waals surface area (Å²) in [5.74, 6) is 0. The van der Waals surface area contributed by atoms with Crippen LogP contribution in [0.4, 0.5) is 17.1 Å². The van der Waals surface area contributed by atoms with Crippen LogP contribution in [0.1, 0.15) is 0 Å². The largest absolute Gasteiger partial charge is 0.455 e. The molecule has 1 heterocycles. The van der Waals surface area contributed by atoms with Gasteiger partial charge in [-0.2, -0.15) is 0 Å². The van der Waals surface area contributed by atoms with Crippen LogP contribution in [-0.2, 0) is 0 Å². The lowest BCUT2D eigenvalue weighted by molar-refractivity contribution is 0.673. The molecule has 52 heavy (non-hydrogen) atoms. The van der Waals surface area contributed by atoms with E-state index in [-0.39, 0.29) is 0 Å². The number of hydrogen-bond acceptors (Lipinski definition) is 2. The number of anilines is 3. The molecule has 0 fully saturated rings. The van der Waals surface area contributed by atoms with Crippen molar-refractivity contribution >= 4 is 60.5 Å². The second-order valence-corrected chi connectivity index (χ2v) is 13.3. The van der Waals surface area contributed by atoms with E-state index in [1.54, 1.807) is 0 Å². The zero-order chi connectivity index (χ0) is 34.4. The summed E-state index contributed by atoms with van der Waals surface area (Å²) in [4.78, 5) is 2.41. The zero-order valence-electron chi connectivity index (χ0n) is 28.4. The summed E-state index contributed by atoms with van der Waals surface area (Å²) in [5, 5.41) is 7.00. The van der Waals surface area contributed by atoms with Crippen molar-refractivity contribution in [2.75, 3.05) is 4.90 Å². The van der Waals surface area contributed by atoms with Crippen molar-refractivity contribution in [3.05, 3.63) is 200 Å². The van der Waals surface area contributed by atoms with Crippen molar-refractivity contribution in [2.24, 2.45) is 0 Å². The molecular weight excluding hydrogens is 631 g/mol. The molecule has 0 aliphatic heterocycles. The Balaban J connectivity index is 1.12. The molecule has 0 N–H and O–H groups in total. The lowest BCUT2D eigenvalue weighted by atomic mass is 9.96. The molecule has 244 valence electrons. The topological polar surface area (TPSA) is 16.4 Å². The summed E-state index contributed by atoms with van der Waals surface area (Å²) in [6.07, 6.45) is 0. The van der Waals surface area contributed by atoms with Crippen molar-refractivity contribution in [3.63, 3.8) is 0 Å².